The lowest BCUT2D eigenvalue weighted by atomic mass is 10.1. The summed E-state index contributed by atoms with van der Waals surface area (Å²) in [7, 11) is 0. The smallest absolute Gasteiger partial charge is 0.276 e. The minimum Gasteiger partial charge on any atom is -0.332 e. The van der Waals surface area contributed by atoms with Gasteiger partial charge in [-0.1, -0.05) is 11.3 Å². The van der Waals surface area contributed by atoms with E-state index >= 15 is 0 Å². The molecule has 1 saturated heterocycles. The molecule has 25 heavy (non-hydrogen) atoms. The van der Waals surface area contributed by atoms with Crippen molar-refractivity contribution in [3.05, 3.63) is 47.9 Å². The van der Waals surface area contributed by atoms with Gasteiger partial charge in [-0.3, -0.25) is 9.78 Å². The molecule has 0 spiro atoms. The molecule has 2 aromatic heterocycles. The Morgan fingerprint density at radius 2 is 2.20 bits per heavy atom. The molecule has 1 N–H and O–H groups in total. The van der Waals surface area contributed by atoms with Crippen molar-refractivity contribution >= 4 is 16.8 Å². The molecular weight excluding hydrogens is 316 g/mol. The number of nitrogens with one attached hydrogen (secondary N) is 1. The SMILES string of the molecule is Cc1c(C(=O)N2CCNC[C@H]2C)nnn1-c1ccc2ncccc2c1. The fourth-order valence-corrected chi connectivity index (χ4v) is 3.25. The van der Waals surface area contributed by atoms with Crippen LogP contribution in [0.3, 0.4) is 0 Å². The standard InChI is InChI=1S/C18H20N6O/c1-12-11-19-8-9-23(12)18(25)17-13(2)24(22-21-17)15-5-6-16-14(10-15)4-3-7-20-16/h3-7,10,12,19H,8-9,11H2,1-2H3/t12-/m1/s1. The van der Waals surface area contributed by atoms with Gasteiger partial charge in [0.1, 0.15) is 0 Å². The molecule has 3 heterocycles. The van der Waals surface area contributed by atoms with Crippen LogP contribution in [-0.2, 0) is 0 Å². The van der Waals surface area contributed by atoms with Crippen LogP contribution in [0.25, 0.3) is 16.6 Å². The first-order valence-corrected chi connectivity index (χ1v) is 8.44. The highest BCUT2D eigenvalue weighted by atomic mass is 16.2. The molecule has 1 amide bonds. The van der Waals surface area contributed by atoms with E-state index in [1.807, 2.05) is 49.1 Å². The van der Waals surface area contributed by atoms with E-state index in [2.05, 4.69) is 20.6 Å². The van der Waals surface area contributed by atoms with Gasteiger partial charge in [0.25, 0.3) is 5.91 Å². The summed E-state index contributed by atoms with van der Waals surface area (Å²) >= 11 is 0. The number of rotatable bonds is 2. The lowest BCUT2D eigenvalue weighted by Gasteiger charge is -2.33. The predicted molar refractivity (Wildman–Crippen MR) is 94.8 cm³/mol. The summed E-state index contributed by atoms with van der Waals surface area (Å²) in [6, 6.07) is 9.96. The van der Waals surface area contributed by atoms with E-state index in [0.29, 0.717) is 12.2 Å². The molecule has 3 aromatic rings. The number of nitrogens with zero attached hydrogens (tertiary/aromatic N) is 5. The molecule has 0 bridgehead atoms. The maximum Gasteiger partial charge on any atom is 0.276 e. The van der Waals surface area contributed by atoms with Crippen LogP contribution in [0.15, 0.2) is 36.5 Å². The normalized spacial score (nSPS) is 17.8. The zero-order chi connectivity index (χ0) is 17.4. The summed E-state index contributed by atoms with van der Waals surface area (Å²) < 4.78 is 1.71. The maximum absolute atomic E-state index is 12.9. The van der Waals surface area contributed by atoms with Gasteiger partial charge in [0.05, 0.1) is 16.9 Å². The van der Waals surface area contributed by atoms with Crippen molar-refractivity contribution in [1.82, 2.24) is 30.2 Å². The molecule has 0 unspecified atom stereocenters. The van der Waals surface area contributed by atoms with Crippen molar-refractivity contribution < 1.29 is 4.79 Å². The Balaban J connectivity index is 1.69. The van der Waals surface area contributed by atoms with Gasteiger partial charge in [0, 0.05) is 37.3 Å². The van der Waals surface area contributed by atoms with Crippen molar-refractivity contribution in [1.29, 1.82) is 0 Å². The Kier molecular flexibility index (Phi) is 3.93. The maximum atomic E-state index is 12.9. The van der Waals surface area contributed by atoms with Gasteiger partial charge in [-0.15, -0.1) is 5.10 Å². The van der Waals surface area contributed by atoms with E-state index in [4.69, 9.17) is 0 Å². The molecule has 4 rings (SSSR count). The van der Waals surface area contributed by atoms with E-state index in [-0.39, 0.29) is 11.9 Å². The van der Waals surface area contributed by atoms with Gasteiger partial charge in [0.2, 0.25) is 0 Å². The van der Waals surface area contributed by atoms with Crippen molar-refractivity contribution in [2.45, 2.75) is 19.9 Å². The highest BCUT2D eigenvalue weighted by molar-refractivity contribution is 5.93. The first-order chi connectivity index (χ1) is 12.1. The second-order valence-electron chi connectivity index (χ2n) is 6.37. The lowest BCUT2D eigenvalue weighted by Crippen LogP contribution is -2.52. The van der Waals surface area contributed by atoms with Gasteiger partial charge >= 0.3 is 0 Å². The van der Waals surface area contributed by atoms with E-state index in [0.717, 1.165) is 35.4 Å². The van der Waals surface area contributed by atoms with Gasteiger partial charge in [0.15, 0.2) is 5.69 Å². The Labute approximate surface area is 145 Å². The Morgan fingerprint density at radius 3 is 3.04 bits per heavy atom. The summed E-state index contributed by atoms with van der Waals surface area (Å²) in [5, 5.41) is 12.7. The Hall–Kier alpha value is -2.80. The largest absolute Gasteiger partial charge is 0.332 e. The van der Waals surface area contributed by atoms with Gasteiger partial charge in [-0.2, -0.15) is 0 Å². The van der Waals surface area contributed by atoms with E-state index < -0.39 is 0 Å². The fraction of sp³-hybridized carbons (Fsp3) is 0.333. The highest BCUT2D eigenvalue weighted by Gasteiger charge is 2.28. The Bertz CT molecular complexity index is 934. The molecule has 0 saturated carbocycles. The zero-order valence-corrected chi connectivity index (χ0v) is 14.3. The minimum atomic E-state index is -0.0554. The number of carbonyl (C=O) groups excluding carboxylic acids is 1. The molecule has 7 heteroatoms. The number of benzene rings is 1. The number of hydrogen-bond donors (Lipinski definition) is 1. The predicted octanol–water partition coefficient (Wildman–Crippen LogP) is 1.56. The number of aromatic nitrogens is 4. The molecule has 1 aliphatic rings. The first kappa shape index (κ1) is 15.7. The minimum absolute atomic E-state index is 0.0554. The van der Waals surface area contributed by atoms with Crippen LogP contribution < -0.4 is 5.32 Å². The summed E-state index contributed by atoms with van der Waals surface area (Å²) in [5.41, 5.74) is 2.96. The summed E-state index contributed by atoms with van der Waals surface area (Å²) in [4.78, 5) is 19.1. The molecule has 1 aromatic carbocycles. The first-order valence-electron chi connectivity index (χ1n) is 8.44. The quantitative estimate of drug-likeness (QED) is 0.768. The molecular formula is C18H20N6O. The van der Waals surface area contributed by atoms with Crippen LogP contribution in [0.5, 0.6) is 0 Å². The molecule has 0 aliphatic carbocycles. The van der Waals surface area contributed by atoms with Gasteiger partial charge in [-0.25, -0.2) is 4.68 Å². The van der Waals surface area contributed by atoms with Crippen molar-refractivity contribution in [3.8, 4) is 5.69 Å². The fourth-order valence-electron chi connectivity index (χ4n) is 3.25. The van der Waals surface area contributed by atoms with Crippen molar-refractivity contribution in [3.63, 3.8) is 0 Å². The number of fused-ring (bicyclic) bond motifs is 1. The third-order valence-corrected chi connectivity index (χ3v) is 4.69. The zero-order valence-electron chi connectivity index (χ0n) is 14.3. The van der Waals surface area contributed by atoms with Crippen LogP contribution >= 0.6 is 0 Å². The summed E-state index contributed by atoms with van der Waals surface area (Å²) in [6.07, 6.45) is 1.77. The van der Waals surface area contributed by atoms with Crippen LogP contribution in [0.2, 0.25) is 0 Å². The van der Waals surface area contributed by atoms with Crippen LogP contribution in [0, 0.1) is 6.92 Å². The molecule has 128 valence electrons. The molecule has 1 fully saturated rings. The number of hydrogen-bond acceptors (Lipinski definition) is 5. The summed E-state index contributed by atoms with van der Waals surface area (Å²) in [6.45, 7) is 6.22. The van der Waals surface area contributed by atoms with E-state index in [1.165, 1.54) is 0 Å². The number of amides is 1. The molecule has 0 radical (unpaired) electrons. The Morgan fingerprint density at radius 1 is 1.32 bits per heavy atom. The average Bonchev–Trinajstić information content (AvgIpc) is 3.02. The number of carbonyl (C=O) groups is 1. The average molecular weight is 336 g/mol. The van der Waals surface area contributed by atoms with E-state index in [1.54, 1.807) is 10.9 Å². The van der Waals surface area contributed by atoms with Crippen molar-refractivity contribution in [2.24, 2.45) is 0 Å². The van der Waals surface area contributed by atoms with Gasteiger partial charge < -0.3 is 10.2 Å². The molecule has 7 nitrogen and oxygen atoms in total. The second kappa shape index (κ2) is 6.25. The van der Waals surface area contributed by atoms with E-state index in [9.17, 15) is 4.79 Å². The molecule has 1 aliphatic heterocycles. The number of pyridine rings is 1. The monoisotopic (exact) mass is 336 g/mol. The van der Waals surface area contributed by atoms with Crippen molar-refractivity contribution in [2.75, 3.05) is 19.6 Å². The highest BCUT2D eigenvalue weighted by Crippen LogP contribution is 2.19. The lowest BCUT2D eigenvalue weighted by molar-refractivity contribution is 0.0649. The topological polar surface area (TPSA) is 75.9 Å². The third-order valence-electron chi connectivity index (χ3n) is 4.69. The molecule has 1 atom stereocenters. The summed E-state index contributed by atoms with van der Waals surface area (Å²) in [5.74, 6) is -0.0554. The number of piperazine rings is 1. The van der Waals surface area contributed by atoms with Crippen LogP contribution in [0.4, 0.5) is 0 Å². The van der Waals surface area contributed by atoms with Crippen LogP contribution in [0.1, 0.15) is 23.1 Å². The van der Waals surface area contributed by atoms with Crippen LogP contribution in [-0.4, -0.2) is 56.5 Å². The second-order valence-corrected chi connectivity index (χ2v) is 6.37. The third kappa shape index (κ3) is 2.76. The van der Waals surface area contributed by atoms with Gasteiger partial charge in [-0.05, 0) is 38.1 Å².